The van der Waals surface area contributed by atoms with Gasteiger partial charge in [-0.25, -0.2) is 0 Å². The fourth-order valence-electron chi connectivity index (χ4n) is 1.24. The summed E-state index contributed by atoms with van der Waals surface area (Å²) in [6.45, 7) is 2.41. The summed E-state index contributed by atoms with van der Waals surface area (Å²) < 4.78 is 15.5. The van der Waals surface area contributed by atoms with Crippen LogP contribution in [0.1, 0.15) is 11.3 Å². The Bertz CT molecular complexity index is 323. The normalized spacial score (nSPS) is 18.1. The molecule has 3 aliphatic heterocycles. The van der Waals surface area contributed by atoms with Gasteiger partial charge in [-0.2, -0.15) is 0 Å². The first-order valence-electron chi connectivity index (χ1n) is 3.38. The molecule has 4 bridgehead atoms. The monoisotopic (exact) mass is 152 g/mol. The first-order chi connectivity index (χ1) is 5.34. The van der Waals surface area contributed by atoms with Crippen molar-refractivity contribution in [3.8, 4) is 5.88 Å². The molecule has 0 unspecified atom stereocenters. The van der Waals surface area contributed by atoms with E-state index in [2.05, 4.69) is 5.10 Å². The van der Waals surface area contributed by atoms with E-state index in [-0.39, 0.29) is 0 Å². The van der Waals surface area contributed by atoms with Crippen LogP contribution in [-0.4, -0.2) is 17.3 Å². The summed E-state index contributed by atoms with van der Waals surface area (Å²) in [5, 5.41) is 4.09. The molecule has 0 saturated heterocycles. The quantitative estimate of drug-likeness (QED) is 0.471. The Morgan fingerprint density at radius 3 is 3.36 bits per heavy atom. The van der Waals surface area contributed by atoms with Crippen LogP contribution in [0.3, 0.4) is 0 Å². The van der Waals surface area contributed by atoms with Crippen molar-refractivity contribution in [1.82, 2.24) is 9.94 Å². The molecule has 56 valence electrons. The molecule has 0 spiro atoms. The number of hydrogen-bond acceptors (Lipinski definition) is 4. The number of rotatable bonds is 0. The first kappa shape index (κ1) is 5.48. The molecule has 3 aliphatic rings. The molecule has 0 radical (unpaired) electrons. The minimum Gasteiger partial charge on any atom is -0.483 e. The fraction of sp³-hybridized carbons (Fsp3) is 0.400. The molecule has 11 heavy (non-hydrogen) atoms. The van der Waals surface area contributed by atoms with Gasteiger partial charge in [0.2, 0.25) is 5.88 Å². The van der Waals surface area contributed by atoms with Gasteiger partial charge in [0.1, 0.15) is 0 Å². The molecule has 0 aliphatic carbocycles. The van der Waals surface area contributed by atoms with Gasteiger partial charge in [0.15, 0.2) is 0 Å². The van der Waals surface area contributed by atoms with E-state index in [4.69, 9.17) is 14.1 Å². The molecular formula is C5H5BN2O3. The van der Waals surface area contributed by atoms with Crippen molar-refractivity contribution in [3.05, 3.63) is 11.3 Å². The zero-order chi connectivity index (χ0) is 7.42. The summed E-state index contributed by atoms with van der Waals surface area (Å²) in [5.74, 6) is 0.669. The second-order valence-corrected chi connectivity index (χ2v) is 2.57. The van der Waals surface area contributed by atoms with Crippen molar-refractivity contribution in [2.24, 2.45) is 0 Å². The van der Waals surface area contributed by atoms with Crippen LogP contribution in [-0.2, 0) is 11.3 Å². The van der Waals surface area contributed by atoms with Crippen LogP contribution in [0.5, 0.6) is 5.88 Å². The van der Waals surface area contributed by atoms with Crippen LogP contribution in [0.25, 0.3) is 0 Å². The predicted octanol–water partition coefficient (Wildman–Crippen LogP) is -0.472. The lowest BCUT2D eigenvalue weighted by molar-refractivity contribution is 0.175. The third kappa shape index (κ3) is 0.533. The van der Waals surface area contributed by atoms with Gasteiger partial charge in [-0.15, -0.1) is 5.10 Å². The van der Waals surface area contributed by atoms with Crippen LogP contribution in [0.2, 0.25) is 0 Å². The van der Waals surface area contributed by atoms with E-state index in [1.807, 2.05) is 6.92 Å². The largest absolute Gasteiger partial charge is 0.811 e. The van der Waals surface area contributed by atoms with Gasteiger partial charge in [0.25, 0.3) is 0 Å². The lowest BCUT2D eigenvalue weighted by Crippen LogP contribution is -2.29. The predicted molar refractivity (Wildman–Crippen MR) is 34.7 cm³/mol. The summed E-state index contributed by atoms with van der Waals surface area (Å²) in [5.41, 5.74) is 1.89. The van der Waals surface area contributed by atoms with Crippen LogP contribution in [0.4, 0.5) is 0 Å². The van der Waals surface area contributed by atoms with Crippen molar-refractivity contribution < 1.29 is 14.1 Å². The topological polar surface area (TPSA) is 45.5 Å². The third-order valence-corrected chi connectivity index (χ3v) is 1.89. The van der Waals surface area contributed by atoms with E-state index in [1.165, 1.54) is 4.85 Å². The van der Waals surface area contributed by atoms with E-state index in [9.17, 15) is 0 Å². The third-order valence-electron chi connectivity index (χ3n) is 1.89. The second kappa shape index (κ2) is 1.53. The summed E-state index contributed by atoms with van der Waals surface area (Å²) in [7, 11) is -0.594. The first-order valence-corrected chi connectivity index (χ1v) is 3.38. The Hall–Kier alpha value is -1.17. The van der Waals surface area contributed by atoms with Crippen molar-refractivity contribution >= 4 is 7.32 Å². The minimum absolute atomic E-state index is 0.469. The lowest BCUT2D eigenvalue weighted by atomic mass is 10.2. The fourth-order valence-corrected chi connectivity index (χ4v) is 1.24. The highest BCUT2D eigenvalue weighted by atomic mass is 16.9. The molecule has 4 heterocycles. The summed E-state index contributed by atoms with van der Waals surface area (Å²) in [6.07, 6.45) is 0. The summed E-state index contributed by atoms with van der Waals surface area (Å²) in [6, 6.07) is 0. The maximum absolute atomic E-state index is 5.23. The van der Waals surface area contributed by atoms with E-state index in [0.717, 1.165) is 11.3 Å². The second-order valence-electron chi connectivity index (χ2n) is 2.57. The minimum atomic E-state index is -0.594. The van der Waals surface area contributed by atoms with Gasteiger partial charge >= 0.3 is 7.32 Å². The molecule has 0 atom stereocenters. The zero-order valence-corrected chi connectivity index (χ0v) is 5.90. The van der Waals surface area contributed by atoms with Crippen LogP contribution in [0, 0.1) is 6.92 Å². The highest BCUT2D eigenvalue weighted by Crippen LogP contribution is 2.28. The van der Waals surface area contributed by atoms with E-state index in [0.29, 0.717) is 12.5 Å². The highest BCUT2D eigenvalue weighted by Gasteiger charge is 2.42. The van der Waals surface area contributed by atoms with Crippen LogP contribution < -0.4 is 9.41 Å². The van der Waals surface area contributed by atoms with Crippen LogP contribution in [0.15, 0.2) is 0 Å². The Morgan fingerprint density at radius 2 is 2.55 bits per heavy atom. The van der Waals surface area contributed by atoms with E-state index in [1.54, 1.807) is 0 Å². The average molecular weight is 152 g/mol. The SMILES string of the molecule is Cc1c2nn3c1OB(OC2)O3. The average Bonchev–Trinajstić information content (AvgIpc) is 2.29. The molecule has 0 amide bonds. The molecule has 0 N–H and O–H groups in total. The summed E-state index contributed by atoms with van der Waals surface area (Å²) in [4.78, 5) is 1.38. The van der Waals surface area contributed by atoms with Gasteiger partial charge in [0.05, 0.1) is 12.3 Å². The van der Waals surface area contributed by atoms with Crippen LogP contribution >= 0.6 is 0 Å². The molecule has 1 aromatic rings. The molecule has 6 heteroatoms. The lowest BCUT2D eigenvalue weighted by Gasteiger charge is -1.96. The highest BCUT2D eigenvalue weighted by molar-refractivity contribution is 6.38. The Morgan fingerprint density at radius 1 is 1.64 bits per heavy atom. The molecular weight excluding hydrogens is 147 g/mol. The van der Waals surface area contributed by atoms with Gasteiger partial charge in [-0.3, -0.25) is 0 Å². The Labute approximate surface area is 63.0 Å². The van der Waals surface area contributed by atoms with E-state index < -0.39 is 7.32 Å². The standard InChI is InChI=1S/C5H5BN2O3/c1-3-4-2-9-6-10-5(3)8(7-4)11-6/h2H2,1H3. The Kier molecular flexibility index (Phi) is 0.762. The Balaban J connectivity index is 2.31. The van der Waals surface area contributed by atoms with Gasteiger partial charge in [-0.05, 0) is 6.92 Å². The molecule has 0 aromatic carbocycles. The molecule has 5 nitrogen and oxygen atoms in total. The van der Waals surface area contributed by atoms with Gasteiger partial charge < -0.3 is 14.1 Å². The molecule has 4 rings (SSSR count). The smallest absolute Gasteiger partial charge is 0.483 e. The maximum Gasteiger partial charge on any atom is 0.811 e. The zero-order valence-electron chi connectivity index (χ0n) is 5.90. The molecule has 0 saturated carbocycles. The molecule has 1 aromatic heterocycles. The number of hydrogen-bond donors (Lipinski definition) is 0. The van der Waals surface area contributed by atoms with Crippen molar-refractivity contribution in [3.63, 3.8) is 0 Å². The summed E-state index contributed by atoms with van der Waals surface area (Å²) >= 11 is 0. The van der Waals surface area contributed by atoms with Crippen molar-refractivity contribution in [1.29, 1.82) is 0 Å². The van der Waals surface area contributed by atoms with E-state index >= 15 is 0 Å². The molecule has 0 fully saturated rings. The number of nitrogens with zero attached hydrogens (tertiary/aromatic N) is 2. The van der Waals surface area contributed by atoms with Gasteiger partial charge in [-0.1, -0.05) is 4.85 Å². The van der Waals surface area contributed by atoms with Crippen molar-refractivity contribution in [2.75, 3.05) is 0 Å². The maximum atomic E-state index is 5.23. The van der Waals surface area contributed by atoms with Gasteiger partial charge in [0, 0.05) is 5.56 Å². The van der Waals surface area contributed by atoms with Crippen molar-refractivity contribution in [2.45, 2.75) is 13.5 Å². The number of aromatic nitrogens is 2. The number of fused-ring (bicyclic) bond motifs is 1.